The molecule has 2 aromatic heterocycles. The van der Waals surface area contributed by atoms with Crippen LogP contribution in [0.2, 0.25) is 0 Å². The molecule has 4 nitrogen and oxygen atoms in total. The summed E-state index contributed by atoms with van der Waals surface area (Å²) >= 11 is 1.59. The molecule has 0 atom stereocenters. The molecule has 12 heavy (non-hydrogen) atoms. The SMILES string of the molecule is c1nc2ccc3n[nH]nc3c2s1. The lowest BCUT2D eigenvalue weighted by atomic mass is 10.3. The van der Waals surface area contributed by atoms with Crippen LogP contribution in [0.4, 0.5) is 0 Å². The number of hydrogen-bond acceptors (Lipinski definition) is 4. The maximum absolute atomic E-state index is 4.19. The first kappa shape index (κ1) is 6.07. The Bertz CT molecular complexity index is 489. The summed E-state index contributed by atoms with van der Waals surface area (Å²) in [7, 11) is 0. The van der Waals surface area contributed by atoms with Gasteiger partial charge in [0.25, 0.3) is 0 Å². The zero-order chi connectivity index (χ0) is 7.97. The fourth-order valence-corrected chi connectivity index (χ4v) is 2.01. The highest BCUT2D eigenvalue weighted by molar-refractivity contribution is 7.17. The van der Waals surface area contributed by atoms with Gasteiger partial charge >= 0.3 is 0 Å². The van der Waals surface area contributed by atoms with Crippen molar-refractivity contribution in [1.82, 2.24) is 20.4 Å². The lowest BCUT2D eigenvalue weighted by Crippen LogP contribution is -1.70. The van der Waals surface area contributed by atoms with Crippen molar-refractivity contribution in [2.45, 2.75) is 0 Å². The molecule has 0 saturated heterocycles. The number of fused-ring (bicyclic) bond motifs is 3. The first-order chi connectivity index (χ1) is 5.95. The van der Waals surface area contributed by atoms with Gasteiger partial charge < -0.3 is 0 Å². The van der Waals surface area contributed by atoms with E-state index in [9.17, 15) is 0 Å². The molecule has 0 bridgehead atoms. The predicted molar refractivity (Wildman–Crippen MR) is 47.1 cm³/mol. The summed E-state index contributed by atoms with van der Waals surface area (Å²) < 4.78 is 1.10. The average Bonchev–Trinajstić information content (AvgIpc) is 2.71. The molecule has 0 aliphatic rings. The second-order valence-corrected chi connectivity index (χ2v) is 3.31. The van der Waals surface area contributed by atoms with Gasteiger partial charge in [-0.1, -0.05) is 0 Å². The highest BCUT2D eigenvalue weighted by atomic mass is 32.1. The minimum atomic E-state index is 0.895. The van der Waals surface area contributed by atoms with Gasteiger partial charge in [-0.2, -0.15) is 15.4 Å². The van der Waals surface area contributed by atoms with Crippen LogP contribution in [0.15, 0.2) is 17.6 Å². The summed E-state index contributed by atoms with van der Waals surface area (Å²) in [4.78, 5) is 4.19. The molecular formula is C7H4N4S. The van der Waals surface area contributed by atoms with Gasteiger partial charge in [0.15, 0.2) is 0 Å². The van der Waals surface area contributed by atoms with E-state index in [1.165, 1.54) is 0 Å². The first-order valence-electron chi connectivity index (χ1n) is 3.48. The fourth-order valence-electron chi connectivity index (χ4n) is 1.23. The third-order valence-corrected chi connectivity index (χ3v) is 2.63. The number of H-pyrrole nitrogens is 1. The quantitative estimate of drug-likeness (QED) is 0.565. The molecule has 0 aliphatic heterocycles. The number of aromatic nitrogens is 4. The molecule has 0 amide bonds. The van der Waals surface area contributed by atoms with Crippen molar-refractivity contribution < 1.29 is 0 Å². The molecule has 1 N–H and O–H groups in total. The molecule has 0 aliphatic carbocycles. The Morgan fingerprint density at radius 2 is 2.08 bits per heavy atom. The standard InChI is InChI=1S/C7H4N4S/c1-2-5-7(12-3-8-5)6-4(1)9-11-10-6/h1-3H,(H,9,10,11). The van der Waals surface area contributed by atoms with Crippen LogP contribution in [0, 0.1) is 0 Å². The van der Waals surface area contributed by atoms with Gasteiger partial charge in [-0.3, -0.25) is 0 Å². The summed E-state index contributed by atoms with van der Waals surface area (Å²) in [6.45, 7) is 0. The Balaban J connectivity index is 2.71. The molecule has 0 radical (unpaired) electrons. The number of hydrogen-bond donors (Lipinski definition) is 1. The average molecular weight is 176 g/mol. The highest BCUT2D eigenvalue weighted by Crippen LogP contribution is 2.24. The van der Waals surface area contributed by atoms with Gasteiger partial charge in [0.1, 0.15) is 11.0 Å². The molecule has 58 valence electrons. The molecule has 0 fully saturated rings. The summed E-state index contributed by atoms with van der Waals surface area (Å²) in [6, 6.07) is 3.87. The van der Waals surface area contributed by atoms with E-state index in [4.69, 9.17) is 0 Å². The summed E-state index contributed by atoms with van der Waals surface area (Å²) in [6.07, 6.45) is 0. The van der Waals surface area contributed by atoms with E-state index < -0.39 is 0 Å². The van der Waals surface area contributed by atoms with Crippen LogP contribution in [0.1, 0.15) is 0 Å². The summed E-state index contributed by atoms with van der Waals surface area (Å²) in [5, 5.41) is 10.6. The number of nitrogens with one attached hydrogen (secondary N) is 1. The van der Waals surface area contributed by atoms with Crippen molar-refractivity contribution >= 4 is 32.6 Å². The smallest absolute Gasteiger partial charge is 0.132 e. The molecule has 3 aromatic rings. The van der Waals surface area contributed by atoms with E-state index in [-0.39, 0.29) is 0 Å². The van der Waals surface area contributed by atoms with Crippen molar-refractivity contribution in [3.63, 3.8) is 0 Å². The van der Waals surface area contributed by atoms with E-state index in [1.807, 2.05) is 17.6 Å². The van der Waals surface area contributed by atoms with Gasteiger partial charge in [-0.25, -0.2) is 4.98 Å². The number of aromatic amines is 1. The van der Waals surface area contributed by atoms with Crippen LogP contribution in [0.3, 0.4) is 0 Å². The van der Waals surface area contributed by atoms with E-state index in [1.54, 1.807) is 11.3 Å². The minimum absolute atomic E-state index is 0.895. The second-order valence-electron chi connectivity index (χ2n) is 2.46. The maximum atomic E-state index is 4.19. The Morgan fingerprint density at radius 3 is 3.08 bits per heavy atom. The van der Waals surface area contributed by atoms with Crippen molar-refractivity contribution in [3.05, 3.63) is 17.6 Å². The van der Waals surface area contributed by atoms with Gasteiger partial charge in [-0.05, 0) is 12.1 Å². The normalized spacial score (nSPS) is 11.3. The largest absolute Gasteiger partial charge is 0.245 e. The van der Waals surface area contributed by atoms with E-state index in [0.717, 1.165) is 21.3 Å². The Kier molecular flexibility index (Phi) is 1.02. The zero-order valence-corrected chi connectivity index (χ0v) is 6.80. The minimum Gasteiger partial charge on any atom is -0.245 e. The highest BCUT2D eigenvalue weighted by Gasteiger charge is 2.04. The maximum Gasteiger partial charge on any atom is 0.132 e. The van der Waals surface area contributed by atoms with Crippen molar-refractivity contribution in [2.75, 3.05) is 0 Å². The van der Waals surface area contributed by atoms with E-state index in [2.05, 4.69) is 20.4 Å². The molecule has 0 saturated carbocycles. The fraction of sp³-hybridized carbons (Fsp3) is 0. The van der Waals surface area contributed by atoms with Crippen LogP contribution in [-0.2, 0) is 0 Å². The zero-order valence-electron chi connectivity index (χ0n) is 5.98. The van der Waals surface area contributed by atoms with E-state index in [0.29, 0.717) is 0 Å². The van der Waals surface area contributed by atoms with Crippen molar-refractivity contribution in [3.8, 4) is 0 Å². The van der Waals surface area contributed by atoms with Crippen molar-refractivity contribution in [2.24, 2.45) is 0 Å². The topological polar surface area (TPSA) is 54.5 Å². The number of thiazole rings is 1. The third-order valence-electron chi connectivity index (χ3n) is 1.78. The summed E-state index contributed by atoms with van der Waals surface area (Å²) in [5.41, 5.74) is 4.61. The van der Waals surface area contributed by atoms with Crippen LogP contribution >= 0.6 is 11.3 Å². The molecule has 1 aromatic carbocycles. The molecular weight excluding hydrogens is 172 g/mol. The van der Waals surface area contributed by atoms with Crippen LogP contribution in [0.5, 0.6) is 0 Å². The lowest BCUT2D eigenvalue weighted by molar-refractivity contribution is 0.960. The van der Waals surface area contributed by atoms with Gasteiger partial charge in [0, 0.05) is 0 Å². The Labute approximate surface area is 71.2 Å². The lowest BCUT2D eigenvalue weighted by Gasteiger charge is -1.85. The van der Waals surface area contributed by atoms with Crippen LogP contribution in [-0.4, -0.2) is 20.4 Å². The number of rotatable bonds is 0. The van der Waals surface area contributed by atoms with E-state index >= 15 is 0 Å². The predicted octanol–water partition coefficient (Wildman–Crippen LogP) is 1.57. The van der Waals surface area contributed by atoms with Gasteiger partial charge in [-0.15, -0.1) is 11.3 Å². The van der Waals surface area contributed by atoms with Crippen molar-refractivity contribution in [1.29, 1.82) is 0 Å². The van der Waals surface area contributed by atoms with Gasteiger partial charge in [0.05, 0.1) is 15.7 Å². The molecule has 5 heteroatoms. The van der Waals surface area contributed by atoms with Crippen LogP contribution < -0.4 is 0 Å². The Morgan fingerprint density at radius 1 is 1.17 bits per heavy atom. The second kappa shape index (κ2) is 2.01. The Hall–Kier alpha value is -1.49. The number of benzene rings is 1. The molecule has 3 rings (SSSR count). The monoisotopic (exact) mass is 176 g/mol. The number of nitrogens with zero attached hydrogens (tertiary/aromatic N) is 3. The van der Waals surface area contributed by atoms with Crippen LogP contribution in [0.25, 0.3) is 21.3 Å². The summed E-state index contributed by atoms with van der Waals surface area (Å²) in [5.74, 6) is 0. The third kappa shape index (κ3) is 0.634. The molecule has 0 spiro atoms. The molecule has 2 heterocycles. The van der Waals surface area contributed by atoms with Gasteiger partial charge in [0.2, 0.25) is 0 Å². The first-order valence-corrected chi connectivity index (χ1v) is 4.36. The molecule has 0 unspecified atom stereocenters.